The molecular weight excluding hydrogens is 460 g/mol. The molecule has 1 N–H and O–H groups in total. The number of nitrogens with one attached hydrogen (secondary N) is 1. The van der Waals surface area contributed by atoms with Gasteiger partial charge in [0.1, 0.15) is 5.75 Å². The molecule has 0 radical (unpaired) electrons. The lowest BCUT2D eigenvalue weighted by atomic mass is 10.0. The van der Waals surface area contributed by atoms with Crippen LogP contribution in [0.2, 0.25) is 0 Å². The first kappa shape index (κ1) is 26.1. The van der Waals surface area contributed by atoms with Crippen LogP contribution in [-0.2, 0) is 23.9 Å². The molecule has 0 spiro atoms. The molecule has 36 heavy (non-hydrogen) atoms. The number of allylic oxidation sites excluding steroid dienone is 1. The SMILES string of the molecule is O=C(/C=C/CCCC(COc1cccc2ccccc12)C(=O)N1CCOCC1)NOC1CCCCO1. The van der Waals surface area contributed by atoms with Gasteiger partial charge < -0.3 is 19.1 Å². The molecule has 8 heteroatoms. The fraction of sp³-hybridized carbons (Fsp3) is 0.500. The summed E-state index contributed by atoms with van der Waals surface area (Å²) in [4.78, 5) is 32.4. The van der Waals surface area contributed by atoms with E-state index >= 15 is 0 Å². The number of unbranched alkanes of at least 4 members (excludes halogenated alkanes) is 1. The fourth-order valence-electron chi connectivity index (χ4n) is 4.47. The van der Waals surface area contributed by atoms with Crippen molar-refractivity contribution in [3.63, 3.8) is 0 Å². The van der Waals surface area contributed by atoms with Gasteiger partial charge in [-0.05, 0) is 43.6 Å². The molecule has 2 amide bonds. The number of carbonyl (C=O) groups excluding carboxylic acids is 2. The van der Waals surface area contributed by atoms with Crippen molar-refractivity contribution < 1.29 is 28.6 Å². The predicted octanol–water partition coefficient (Wildman–Crippen LogP) is 3.99. The van der Waals surface area contributed by atoms with E-state index in [4.69, 9.17) is 19.0 Å². The molecule has 2 saturated heterocycles. The Hall–Kier alpha value is -2.94. The van der Waals surface area contributed by atoms with Crippen LogP contribution in [0.1, 0.15) is 38.5 Å². The van der Waals surface area contributed by atoms with E-state index in [2.05, 4.69) is 5.48 Å². The molecule has 8 nitrogen and oxygen atoms in total. The minimum atomic E-state index is -0.371. The lowest BCUT2D eigenvalue weighted by Crippen LogP contribution is -2.45. The normalized spacial score (nSPS) is 19.3. The number of morpholine rings is 1. The Bertz CT molecular complexity index is 1010. The first-order chi connectivity index (χ1) is 17.7. The molecule has 2 atom stereocenters. The van der Waals surface area contributed by atoms with Crippen molar-refractivity contribution in [1.82, 2.24) is 10.4 Å². The smallest absolute Gasteiger partial charge is 0.267 e. The van der Waals surface area contributed by atoms with Gasteiger partial charge in [-0.2, -0.15) is 0 Å². The third kappa shape index (κ3) is 7.78. The summed E-state index contributed by atoms with van der Waals surface area (Å²) in [7, 11) is 0. The van der Waals surface area contributed by atoms with Gasteiger partial charge in [0.25, 0.3) is 5.91 Å². The van der Waals surface area contributed by atoms with E-state index in [-0.39, 0.29) is 24.0 Å². The Morgan fingerprint density at radius 2 is 1.92 bits per heavy atom. The van der Waals surface area contributed by atoms with Gasteiger partial charge >= 0.3 is 0 Å². The number of benzene rings is 2. The van der Waals surface area contributed by atoms with Crippen LogP contribution in [0.5, 0.6) is 5.75 Å². The minimum Gasteiger partial charge on any atom is -0.492 e. The van der Waals surface area contributed by atoms with Crippen LogP contribution in [0.25, 0.3) is 10.8 Å². The second kappa shape index (κ2) is 14.0. The highest BCUT2D eigenvalue weighted by Gasteiger charge is 2.26. The summed E-state index contributed by atoms with van der Waals surface area (Å²) in [5.41, 5.74) is 2.42. The van der Waals surface area contributed by atoms with Gasteiger partial charge in [0.2, 0.25) is 5.91 Å². The van der Waals surface area contributed by atoms with E-state index in [9.17, 15) is 9.59 Å². The number of rotatable bonds is 11. The summed E-state index contributed by atoms with van der Waals surface area (Å²) in [6, 6.07) is 14.0. The summed E-state index contributed by atoms with van der Waals surface area (Å²) in [5.74, 6) is 0.299. The third-order valence-corrected chi connectivity index (χ3v) is 6.48. The maximum Gasteiger partial charge on any atom is 0.267 e. The molecule has 0 aromatic heterocycles. The number of hydrogen-bond donors (Lipinski definition) is 1. The standard InChI is InChI=1S/C28H36N2O6/c31-26(29-36-27-15-6-7-18-34-27)14-3-1-2-10-23(28(32)30-16-19-33-20-17-30)21-35-25-13-8-11-22-9-4-5-12-24(22)25/h3-5,8-9,11-14,23,27H,1-2,6-7,10,15-21H2,(H,29,31)/b14-3+. The molecule has 2 aliphatic rings. The third-order valence-electron chi connectivity index (χ3n) is 6.48. The summed E-state index contributed by atoms with van der Waals surface area (Å²) in [6.07, 6.45) is 7.84. The molecule has 2 aromatic rings. The van der Waals surface area contributed by atoms with Crippen LogP contribution >= 0.6 is 0 Å². The number of hydrogen-bond acceptors (Lipinski definition) is 6. The summed E-state index contributed by atoms with van der Waals surface area (Å²) >= 11 is 0. The summed E-state index contributed by atoms with van der Waals surface area (Å²) in [6.45, 7) is 3.31. The van der Waals surface area contributed by atoms with Gasteiger partial charge in [0.15, 0.2) is 6.29 Å². The van der Waals surface area contributed by atoms with Crippen molar-refractivity contribution in [2.45, 2.75) is 44.8 Å². The number of hydroxylamine groups is 1. The van der Waals surface area contributed by atoms with E-state index in [0.717, 1.165) is 42.2 Å². The molecule has 2 heterocycles. The van der Waals surface area contributed by atoms with Crippen molar-refractivity contribution >= 4 is 22.6 Å². The van der Waals surface area contributed by atoms with Gasteiger partial charge in [0.05, 0.1) is 25.7 Å². The molecule has 194 valence electrons. The zero-order valence-electron chi connectivity index (χ0n) is 20.7. The Morgan fingerprint density at radius 1 is 1.08 bits per heavy atom. The van der Waals surface area contributed by atoms with Crippen LogP contribution in [0.4, 0.5) is 0 Å². The zero-order valence-corrected chi connectivity index (χ0v) is 20.7. The zero-order chi connectivity index (χ0) is 25.0. The van der Waals surface area contributed by atoms with Crippen molar-refractivity contribution in [1.29, 1.82) is 0 Å². The Labute approximate surface area is 212 Å². The van der Waals surface area contributed by atoms with E-state index < -0.39 is 0 Å². The molecule has 0 bridgehead atoms. The van der Waals surface area contributed by atoms with E-state index in [1.54, 1.807) is 0 Å². The quantitative estimate of drug-likeness (QED) is 0.288. The topological polar surface area (TPSA) is 86.3 Å². The lowest BCUT2D eigenvalue weighted by molar-refractivity contribution is -0.198. The maximum atomic E-state index is 13.3. The minimum absolute atomic E-state index is 0.0983. The molecule has 4 rings (SSSR count). The number of carbonyl (C=O) groups is 2. The maximum absolute atomic E-state index is 13.3. The second-order valence-corrected chi connectivity index (χ2v) is 9.14. The van der Waals surface area contributed by atoms with Crippen molar-refractivity contribution in [3.8, 4) is 5.75 Å². The van der Waals surface area contributed by atoms with E-state index in [0.29, 0.717) is 52.4 Å². The number of amides is 2. The predicted molar refractivity (Wildman–Crippen MR) is 136 cm³/mol. The molecule has 2 aromatic carbocycles. The van der Waals surface area contributed by atoms with Gasteiger partial charge in [-0.25, -0.2) is 10.3 Å². The Kier molecular flexibility index (Phi) is 10.1. The van der Waals surface area contributed by atoms with Crippen LogP contribution < -0.4 is 10.2 Å². The van der Waals surface area contributed by atoms with Gasteiger partial charge in [-0.15, -0.1) is 0 Å². The van der Waals surface area contributed by atoms with E-state index in [1.165, 1.54) is 6.08 Å². The number of nitrogens with zero attached hydrogens (tertiary/aromatic N) is 1. The largest absolute Gasteiger partial charge is 0.492 e. The van der Waals surface area contributed by atoms with Crippen molar-refractivity contribution in [2.24, 2.45) is 5.92 Å². The summed E-state index contributed by atoms with van der Waals surface area (Å²) in [5, 5.41) is 2.14. The van der Waals surface area contributed by atoms with Crippen molar-refractivity contribution in [3.05, 3.63) is 54.6 Å². The molecule has 2 unspecified atom stereocenters. The molecule has 2 fully saturated rings. The van der Waals surface area contributed by atoms with Gasteiger partial charge in [0, 0.05) is 37.6 Å². The monoisotopic (exact) mass is 496 g/mol. The van der Waals surface area contributed by atoms with Crippen LogP contribution in [0, 0.1) is 5.92 Å². The Morgan fingerprint density at radius 3 is 2.75 bits per heavy atom. The molecular formula is C28H36N2O6. The first-order valence-corrected chi connectivity index (χ1v) is 12.9. The van der Waals surface area contributed by atoms with Crippen LogP contribution in [-0.4, -0.2) is 62.5 Å². The van der Waals surface area contributed by atoms with Gasteiger partial charge in [-0.1, -0.05) is 42.5 Å². The molecule has 0 saturated carbocycles. The fourth-order valence-corrected chi connectivity index (χ4v) is 4.47. The highest BCUT2D eigenvalue weighted by molar-refractivity contribution is 5.88. The molecule has 0 aliphatic carbocycles. The second-order valence-electron chi connectivity index (χ2n) is 9.14. The first-order valence-electron chi connectivity index (χ1n) is 12.9. The van der Waals surface area contributed by atoms with Crippen LogP contribution in [0.3, 0.4) is 0 Å². The highest BCUT2D eigenvalue weighted by atomic mass is 16.8. The molecule has 2 aliphatic heterocycles. The number of fused-ring (bicyclic) bond motifs is 1. The lowest BCUT2D eigenvalue weighted by Gasteiger charge is -2.30. The van der Waals surface area contributed by atoms with Crippen molar-refractivity contribution in [2.75, 3.05) is 39.5 Å². The Balaban J connectivity index is 1.28. The average molecular weight is 497 g/mol. The average Bonchev–Trinajstić information content (AvgIpc) is 2.94. The number of ether oxygens (including phenoxy) is 3. The summed E-state index contributed by atoms with van der Waals surface area (Å²) < 4.78 is 17.0. The van der Waals surface area contributed by atoms with E-state index in [1.807, 2.05) is 53.4 Å². The highest BCUT2D eigenvalue weighted by Crippen LogP contribution is 2.26. The van der Waals surface area contributed by atoms with Gasteiger partial charge in [-0.3, -0.25) is 9.59 Å². The van der Waals surface area contributed by atoms with Crippen LogP contribution in [0.15, 0.2) is 54.6 Å².